The van der Waals surface area contributed by atoms with Crippen molar-refractivity contribution in [2.45, 2.75) is 20.0 Å². The molecule has 3 rings (SSSR count). The third-order valence-electron chi connectivity index (χ3n) is 3.43. The molecule has 0 atom stereocenters. The number of fused-ring (bicyclic) bond motifs is 1. The lowest BCUT2D eigenvalue weighted by Crippen LogP contribution is -1.96. The van der Waals surface area contributed by atoms with Crippen molar-refractivity contribution in [3.63, 3.8) is 0 Å². The Balaban J connectivity index is 1.51. The van der Waals surface area contributed by atoms with Crippen LogP contribution in [0.2, 0.25) is 0 Å². The fourth-order valence-corrected chi connectivity index (χ4v) is 2.23. The third kappa shape index (κ3) is 3.83. The van der Waals surface area contributed by atoms with Crippen molar-refractivity contribution in [3.05, 3.63) is 71.6 Å². The normalized spacial score (nSPS) is 12.0. The Morgan fingerprint density at radius 1 is 1.09 bits per heavy atom. The minimum atomic E-state index is 0.650. The SMILES string of the molecule is C/C(=C\c1nc2ccccc2o1)CCOCc1ccccc1. The molecule has 0 aliphatic heterocycles. The van der Waals surface area contributed by atoms with Crippen LogP contribution in [0.4, 0.5) is 0 Å². The summed E-state index contributed by atoms with van der Waals surface area (Å²) in [4.78, 5) is 4.44. The fraction of sp³-hybridized carbons (Fsp3) is 0.211. The minimum Gasteiger partial charge on any atom is -0.437 e. The second kappa shape index (κ2) is 7.05. The minimum absolute atomic E-state index is 0.650. The number of aromatic nitrogens is 1. The van der Waals surface area contributed by atoms with E-state index in [1.807, 2.05) is 48.5 Å². The van der Waals surface area contributed by atoms with Gasteiger partial charge >= 0.3 is 0 Å². The van der Waals surface area contributed by atoms with E-state index in [9.17, 15) is 0 Å². The molecule has 22 heavy (non-hydrogen) atoms. The Morgan fingerprint density at radius 2 is 1.86 bits per heavy atom. The van der Waals surface area contributed by atoms with Gasteiger partial charge in [0.15, 0.2) is 5.58 Å². The molecule has 1 aromatic heterocycles. The third-order valence-corrected chi connectivity index (χ3v) is 3.43. The van der Waals surface area contributed by atoms with Crippen molar-refractivity contribution in [3.8, 4) is 0 Å². The number of nitrogens with zero attached hydrogens (tertiary/aromatic N) is 1. The van der Waals surface area contributed by atoms with Gasteiger partial charge in [0.2, 0.25) is 5.89 Å². The molecule has 2 aromatic carbocycles. The summed E-state index contributed by atoms with van der Waals surface area (Å²) in [5, 5.41) is 0. The van der Waals surface area contributed by atoms with Crippen LogP contribution in [0.1, 0.15) is 24.8 Å². The number of oxazole rings is 1. The highest BCUT2D eigenvalue weighted by atomic mass is 16.5. The van der Waals surface area contributed by atoms with Gasteiger partial charge in [0.1, 0.15) is 5.52 Å². The Labute approximate surface area is 130 Å². The van der Waals surface area contributed by atoms with Crippen LogP contribution in [-0.4, -0.2) is 11.6 Å². The van der Waals surface area contributed by atoms with Crippen LogP contribution in [0.3, 0.4) is 0 Å². The smallest absolute Gasteiger partial charge is 0.219 e. The van der Waals surface area contributed by atoms with E-state index in [1.165, 1.54) is 11.1 Å². The summed E-state index contributed by atoms with van der Waals surface area (Å²) in [6.45, 7) is 3.41. The van der Waals surface area contributed by atoms with Crippen LogP contribution in [0.25, 0.3) is 17.2 Å². The molecule has 112 valence electrons. The molecule has 3 heteroatoms. The lowest BCUT2D eigenvalue weighted by Gasteiger charge is -2.04. The fourth-order valence-electron chi connectivity index (χ4n) is 2.23. The van der Waals surface area contributed by atoms with Crippen molar-refractivity contribution >= 4 is 17.2 Å². The highest BCUT2D eigenvalue weighted by Crippen LogP contribution is 2.17. The first kappa shape index (κ1) is 14.5. The number of ether oxygens (including phenoxy) is 1. The molecule has 3 nitrogen and oxygen atoms in total. The van der Waals surface area contributed by atoms with Gasteiger partial charge in [-0.05, 0) is 37.1 Å². The molecule has 1 heterocycles. The molecule has 0 saturated heterocycles. The van der Waals surface area contributed by atoms with E-state index in [0.29, 0.717) is 19.1 Å². The zero-order chi connectivity index (χ0) is 15.2. The summed E-state index contributed by atoms with van der Waals surface area (Å²) in [6, 6.07) is 18.0. The van der Waals surface area contributed by atoms with E-state index in [0.717, 1.165) is 17.5 Å². The van der Waals surface area contributed by atoms with Gasteiger partial charge in [0.05, 0.1) is 13.2 Å². The van der Waals surface area contributed by atoms with E-state index < -0.39 is 0 Å². The van der Waals surface area contributed by atoms with Crippen molar-refractivity contribution in [2.24, 2.45) is 0 Å². The van der Waals surface area contributed by atoms with E-state index >= 15 is 0 Å². The second-order valence-electron chi connectivity index (χ2n) is 5.30. The number of benzene rings is 2. The molecule has 0 N–H and O–H groups in total. The largest absolute Gasteiger partial charge is 0.437 e. The molecule has 0 unspecified atom stereocenters. The van der Waals surface area contributed by atoms with E-state index in [2.05, 4.69) is 24.0 Å². The van der Waals surface area contributed by atoms with Gasteiger partial charge in [-0.2, -0.15) is 0 Å². The summed E-state index contributed by atoms with van der Waals surface area (Å²) in [6.07, 6.45) is 2.84. The molecule has 0 bridgehead atoms. The summed E-state index contributed by atoms with van der Waals surface area (Å²) in [5.41, 5.74) is 4.10. The molecular formula is C19H19NO2. The topological polar surface area (TPSA) is 35.3 Å². The molecule has 0 aliphatic carbocycles. The molecular weight excluding hydrogens is 274 g/mol. The van der Waals surface area contributed by atoms with Gasteiger partial charge in [-0.1, -0.05) is 48.0 Å². The average Bonchev–Trinajstić information content (AvgIpc) is 2.94. The van der Waals surface area contributed by atoms with Crippen molar-refractivity contribution in [2.75, 3.05) is 6.61 Å². The zero-order valence-electron chi connectivity index (χ0n) is 12.7. The molecule has 0 fully saturated rings. The second-order valence-corrected chi connectivity index (χ2v) is 5.30. The summed E-state index contributed by atoms with van der Waals surface area (Å²) in [7, 11) is 0. The van der Waals surface area contributed by atoms with Crippen LogP contribution < -0.4 is 0 Å². The molecule has 0 amide bonds. The molecule has 0 aliphatic rings. The monoisotopic (exact) mass is 293 g/mol. The number of rotatable bonds is 6. The van der Waals surface area contributed by atoms with Gasteiger partial charge < -0.3 is 9.15 Å². The zero-order valence-corrected chi connectivity index (χ0v) is 12.7. The van der Waals surface area contributed by atoms with Gasteiger partial charge in [-0.15, -0.1) is 0 Å². The highest BCUT2D eigenvalue weighted by molar-refractivity contribution is 5.73. The predicted octanol–water partition coefficient (Wildman–Crippen LogP) is 4.84. The number of hydrogen-bond donors (Lipinski definition) is 0. The van der Waals surface area contributed by atoms with Crippen LogP contribution >= 0.6 is 0 Å². The van der Waals surface area contributed by atoms with Gasteiger partial charge in [-0.25, -0.2) is 4.98 Å². The number of hydrogen-bond acceptors (Lipinski definition) is 3. The van der Waals surface area contributed by atoms with Crippen LogP contribution in [-0.2, 0) is 11.3 Å². The van der Waals surface area contributed by atoms with E-state index in [4.69, 9.17) is 9.15 Å². The van der Waals surface area contributed by atoms with Gasteiger partial charge in [-0.3, -0.25) is 0 Å². The summed E-state index contributed by atoms with van der Waals surface area (Å²) >= 11 is 0. The van der Waals surface area contributed by atoms with Crippen LogP contribution in [0, 0.1) is 0 Å². The van der Waals surface area contributed by atoms with Gasteiger partial charge in [0, 0.05) is 0 Å². The Morgan fingerprint density at radius 3 is 2.68 bits per heavy atom. The first-order valence-electron chi connectivity index (χ1n) is 7.46. The summed E-state index contributed by atoms with van der Waals surface area (Å²) < 4.78 is 11.4. The van der Waals surface area contributed by atoms with Crippen molar-refractivity contribution < 1.29 is 9.15 Å². The standard InChI is InChI=1S/C19H19NO2/c1-15(11-12-21-14-16-7-3-2-4-8-16)13-19-20-17-9-5-6-10-18(17)22-19/h2-10,13H,11-12,14H2,1H3/b15-13+. The molecule has 0 saturated carbocycles. The molecule has 0 spiro atoms. The van der Waals surface area contributed by atoms with Crippen LogP contribution in [0.15, 0.2) is 64.6 Å². The van der Waals surface area contributed by atoms with Crippen LogP contribution in [0.5, 0.6) is 0 Å². The quantitative estimate of drug-likeness (QED) is 0.610. The van der Waals surface area contributed by atoms with Crippen molar-refractivity contribution in [1.82, 2.24) is 4.98 Å². The Kier molecular flexibility index (Phi) is 4.66. The lowest BCUT2D eigenvalue weighted by molar-refractivity contribution is 0.124. The van der Waals surface area contributed by atoms with Gasteiger partial charge in [0.25, 0.3) is 0 Å². The maximum Gasteiger partial charge on any atom is 0.219 e. The van der Waals surface area contributed by atoms with E-state index in [1.54, 1.807) is 0 Å². The Bertz CT molecular complexity index is 726. The van der Waals surface area contributed by atoms with E-state index in [-0.39, 0.29) is 0 Å². The maximum atomic E-state index is 5.70. The maximum absolute atomic E-state index is 5.70. The predicted molar refractivity (Wildman–Crippen MR) is 88.4 cm³/mol. The highest BCUT2D eigenvalue weighted by Gasteiger charge is 2.02. The first-order chi connectivity index (χ1) is 10.8. The Hall–Kier alpha value is -2.39. The lowest BCUT2D eigenvalue weighted by atomic mass is 10.2. The molecule has 0 radical (unpaired) electrons. The average molecular weight is 293 g/mol. The molecule has 3 aromatic rings. The first-order valence-corrected chi connectivity index (χ1v) is 7.46. The number of para-hydroxylation sites is 2. The summed E-state index contributed by atoms with van der Waals surface area (Å²) in [5.74, 6) is 0.654. The van der Waals surface area contributed by atoms with Crippen molar-refractivity contribution in [1.29, 1.82) is 0 Å².